The highest BCUT2D eigenvalue weighted by Gasteiger charge is 2.24. The van der Waals surface area contributed by atoms with Crippen LogP contribution in [0, 0.1) is 0 Å². The smallest absolute Gasteiger partial charge is 0.352 e. The summed E-state index contributed by atoms with van der Waals surface area (Å²) in [5, 5.41) is 11.1. The Bertz CT molecular complexity index is 286. The molecule has 15 heavy (non-hydrogen) atoms. The third kappa shape index (κ3) is 3.06. The van der Waals surface area contributed by atoms with E-state index in [2.05, 4.69) is 5.32 Å². The van der Waals surface area contributed by atoms with Crippen molar-refractivity contribution in [3.63, 3.8) is 0 Å². The van der Waals surface area contributed by atoms with E-state index < -0.39 is 5.97 Å². The van der Waals surface area contributed by atoms with Crippen molar-refractivity contribution >= 4 is 12.4 Å². The van der Waals surface area contributed by atoms with Crippen LogP contribution in [0.15, 0.2) is 11.3 Å². The van der Waals surface area contributed by atoms with Crippen LogP contribution in [0.1, 0.15) is 26.7 Å². The van der Waals surface area contributed by atoms with Gasteiger partial charge in [0.25, 0.3) is 0 Å². The Morgan fingerprint density at radius 1 is 1.47 bits per heavy atom. The van der Waals surface area contributed by atoms with Crippen LogP contribution >= 0.6 is 0 Å². The van der Waals surface area contributed by atoms with Gasteiger partial charge in [0.2, 0.25) is 6.41 Å². The van der Waals surface area contributed by atoms with Crippen LogP contribution in [0.25, 0.3) is 0 Å². The van der Waals surface area contributed by atoms with Crippen molar-refractivity contribution in [2.45, 2.75) is 38.9 Å². The molecule has 1 amide bonds. The van der Waals surface area contributed by atoms with Gasteiger partial charge in [-0.25, -0.2) is 4.79 Å². The lowest BCUT2D eigenvalue weighted by molar-refractivity contribution is -0.134. The molecule has 0 aromatic carbocycles. The van der Waals surface area contributed by atoms with Gasteiger partial charge in [-0.1, -0.05) is 0 Å². The van der Waals surface area contributed by atoms with Crippen LogP contribution in [-0.2, 0) is 14.3 Å². The monoisotopic (exact) mass is 213 g/mol. The number of nitrogens with one attached hydrogen (secondary N) is 1. The van der Waals surface area contributed by atoms with Crippen molar-refractivity contribution in [3.8, 4) is 0 Å². The molecule has 84 valence electrons. The molecule has 0 spiro atoms. The summed E-state index contributed by atoms with van der Waals surface area (Å²) < 4.78 is 5.48. The number of carboxylic acid groups (broad SMARTS) is 1. The minimum absolute atomic E-state index is 0.00741. The molecule has 2 N–H and O–H groups in total. The van der Waals surface area contributed by atoms with Gasteiger partial charge in [-0.3, -0.25) is 4.79 Å². The second kappa shape index (κ2) is 4.93. The summed E-state index contributed by atoms with van der Waals surface area (Å²) in [4.78, 5) is 21.2. The van der Waals surface area contributed by atoms with Crippen LogP contribution in [0.3, 0.4) is 0 Å². The maximum Gasteiger partial charge on any atom is 0.352 e. The van der Waals surface area contributed by atoms with E-state index in [0.29, 0.717) is 19.3 Å². The number of ether oxygens (including phenoxy) is 1. The predicted molar refractivity (Wildman–Crippen MR) is 53.1 cm³/mol. The van der Waals surface area contributed by atoms with E-state index in [1.807, 2.05) is 13.8 Å². The molecule has 5 nitrogen and oxygen atoms in total. The summed E-state index contributed by atoms with van der Waals surface area (Å²) in [5.41, 5.74) is 0.729. The van der Waals surface area contributed by atoms with Gasteiger partial charge in [-0.2, -0.15) is 0 Å². The van der Waals surface area contributed by atoms with Crippen molar-refractivity contribution in [3.05, 3.63) is 11.3 Å². The molecule has 1 saturated heterocycles. The molecule has 0 saturated carbocycles. The standard InChI is InChI=1S/C10H15NO4/c1-6-3-8(4-7(2)15-6)9(10(13)14)11-5-12/h5-7H,3-4H2,1-2H3,(H,11,12)(H,13,14)/t6-,7-/m1/s1. The summed E-state index contributed by atoms with van der Waals surface area (Å²) in [6.45, 7) is 3.77. The first-order valence-corrected chi connectivity index (χ1v) is 4.85. The maximum absolute atomic E-state index is 10.9. The SMILES string of the molecule is C[C@@H]1CC(=C(NC=O)C(=O)O)C[C@@H](C)O1. The number of carboxylic acids is 1. The Balaban J connectivity index is 2.91. The predicted octanol–water partition coefficient (Wildman–Crippen LogP) is 0.658. The van der Waals surface area contributed by atoms with Crippen LogP contribution in [-0.4, -0.2) is 29.7 Å². The van der Waals surface area contributed by atoms with E-state index in [9.17, 15) is 9.59 Å². The van der Waals surface area contributed by atoms with Crippen molar-refractivity contribution in [1.29, 1.82) is 0 Å². The molecule has 1 rings (SSSR count). The lowest BCUT2D eigenvalue weighted by atomic mass is 9.97. The van der Waals surface area contributed by atoms with Crippen molar-refractivity contribution in [2.75, 3.05) is 0 Å². The lowest BCUT2D eigenvalue weighted by Crippen LogP contribution is -2.29. The highest BCUT2D eigenvalue weighted by atomic mass is 16.5. The van der Waals surface area contributed by atoms with E-state index in [1.165, 1.54) is 0 Å². The van der Waals surface area contributed by atoms with Crippen LogP contribution in [0.4, 0.5) is 0 Å². The maximum atomic E-state index is 10.9. The topological polar surface area (TPSA) is 75.6 Å². The zero-order valence-electron chi connectivity index (χ0n) is 8.82. The second-order valence-electron chi connectivity index (χ2n) is 3.71. The molecule has 0 bridgehead atoms. The summed E-state index contributed by atoms with van der Waals surface area (Å²) in [6.07, 6.45) is 1.47. The lowest BCUT2D eigenvalue weighted by Gasteiger charge is -2.28. The molecule has 0 aliphatic carbocycles. The van der Waals surface area contributed by atoms with Crippen molar-refractivity contribution < 1.29 is 19.4 Å². The molecule has 1 aliphatic rings. The summed E-state index contributed by atoms with van der Waals surface area (Å²) in [5.74, 6) is -1.10. The zero-order chi connectivity index (χ0) is 11.4. The third-order valence-electron chi connectivity index (χ3n) is 2.30. The Kier molecular flexibility index (Phi) is 3.85. The third-order valence-corrected chi connectivity index (χ3v) is 2.30. The molecule has 2 atom stereocenters. The summed E-state index contributed by atoms with van der Waals surface area (Å²) in [6, 6.07) is 0. The molecule has 0 unspecified atom stereocenters. The van der Waals surface area contributed by atoms with Crippen molar-refractivity contribution in [1.82, 2.24) is 5.32 Å². The number of hydrogen-bond acceptors (Lipinski definition) is 3. The number of hydrogen-bond donors (Lipinski definition) is 2. The average Bonchev–Trinajstić information content (AvgIpc) is 2.11. The first kappa shape index (κ1) is 11.7. The fourth-order valence-electron chi connectivity index (χ4n) is 1.85. The highest BCUT2D eigenvalue weighted by molar-refractivity contribution is 5.89. The average molecular weight is 213 g/mol. The van der Waals surface area contributed by atoms with Gasteiger partial charge in [-0.15, -0.1) is 0 Å². The van der Waals surface area contributed by atoms with Gasteiger partial charge in [0.05, 0.1) is 12.2 Å². The molecule has 0 aromatic rings. The van der Waals surface area contributed by atoms with Gasteiger partial charge < -0.3 is 15.2 Å². The van der Waals surface area contributed by atoms with Crippen LogP contribution < -0.4 is 5.32 Å². The van der Waals surface area contributed by atoms with Gasteiger partial charge in [0, 0.05) is 0 Å². The second-order valence-corrected chi connectivity index (χ2v) is 3.71. The molecular weight excluding hydrogens is 198 g/mol. The van der Waals surface area contributed by atoms with E-state index >= 15 is 0 Å². The van der Waals surface area contributed by atoms with Gasteiger partial charge in [0.15, 0.2) is 0 Å². The molecule has 1 aliphatic heterocycles. The molecule has 1 fully saturated rings. The first-order valence-electron chi connectivity index (χ1n) is 4.85. The largest absolute Gasteiger partial charge is 0.477 e. The molecule has 0 radical (unpaired) electrons. The zero-order valence-corrected chi connectivity index (χ0v) is 8.82. The number of aliphatic carboxylic acids is 1. The minimum Gasteiger partial charge on any atom is -0.477 e. The van der Waals surface area contributed by atoms with Gasteiger partial charge >= 0.3 is 5.97 Å². The minimum atomic E-state index is -1.10. The summed E-state index contributed by atoms with van der Waals surface area (Å²) >= 11 is 0. The van der Waals surface area contributed by atoms with E-state index in [4.69, 9.17) is 9.84 Å². The molecule has 1 heterocycles. The van der Waals surface area contributed by atoms with E-state index in [-0.39, 0.29) is 17.9 Å². The Labute approximate surface area is 88.1 Å². The van der Waals surface area contributed by atoms with Crippen LogP contribution in [0.2, 0.25) is 0 Å². The van der Waals surface area contributed by atoms with E-state index in [0.717, 1.165) is 5.57 Å². The van der Waals surface area contributed by atoms with Gasteiger partial charge in [-0.05, 0) is 32.3 Å². The van der Waals surface area contributed by atoms with E-state index in [1.54, 1.807) is 0 Å². The Morgan fingerprint density at radius 3 is 2.40 bits per heavy atom. The quantitative estimate of drug-likeness (QED) is 0.533. The molecule has 0 aromatic heterocycles. The number of rotatable bonds is 3. The molecular formula is C10H15NO4. The van der Waals surface area contributed by atoms with Crippen LogP contribution in [0.5, 0.6) is 0 Å². The molecule has 5 heteroatoms. The Morgan fingerprint density at radius 2 is 2.00 bits per heavy atom. The van der Waals surface area contributed by atoms with Gasteiger partial charge in [0.1, 0.15) is 5.70 Å². The first-order chi connectivity index (χ1) is 7.04. The van der Waals surface area contributed by atoms with Crippen molar-refractivity contribution in [2.24, 2.45) is 0 Å². The fraction of sp³-hybridized carbons (Fsp3) is 0.600. The fourth-order valence-corrected chi connectivity index (χ4v) is 1.85. The number of carbonyl (C=O) groups is 2. The normalized spacial score (nSPS) is 25.9. The Hall–Kier alpha value is -1.36. The number of amides is 1. The summed E-state index contributed by atoms with van der Waals surface area (Å²) in [7, 11) is 0. The highest BCUT2D eigenvalue weighted by Crippen LogP contribution is 2.25. The number of carbonyl (C=O) groups excluding carboxylic acids is 1.